The van der Waals surface area contributed by atoms with Crippen LogP contribution in [0.2, 0.25) is 0 Å². The third kappa shape index (κ3) is 8.13. The smallest absolute Gasteiger partial charge is 0.0363 e. The molecule has 3 rings (SSSR count). The average molecular weight is 430 g/mol. The molecule has 2 unspecified atom stereocenters. The molecule has 0 amide bonds. The molecular weight excluding hydrogens is 386 g/mol. The van der Waals surface area contributed by atoms with E-state index in [1.807, 2.05) is 24.3 Å². The van der Waals surface area contributed by atoms with Gasteiger partial charge in [-0.25, -0.2) is 0 Å². The minimum atomic E-state index is 0. The lowest BCUT2D eigenvalue weighted by Crippen LogP contribution is -2.31. The van der Waals surface area contributed by atoms with Gasteiger partial charge in [-0.1, -0.05) is 99.7 Å². The van der Waals surface area contributed by atoms with E-state index >= 15 is 0 Å². The summed E-state index contributed by atoms with van der Waals surface area (Å²) in [6.45, 7) is 18.4. The van der Waals surface area contributed by atoms with Crippen molar-refractivity contribution in [1.29, 1.82) is 0 Å². The molecule has 2 aromatic rings. The summed E-state index contributed by atoms with van der Waals surface area (Å²) in [6.07, 6.45) is 16.2. The fourth-order valence-corrected chi connectivity index (χ4v) is 4.39. The Labute approximate surface area is 198 Å². The largest absolute Gasteiger partial charge is 0.309 e. The average Bonchev–Trinajstić information content (AvgIpc) is 2.83. The summed E-state index contributed by atoms with van der Waals surface area (Å²) in [5.74, 6) is 0.843. The van der Waals surface area contributed by atoms with Crippen molar-refractivity contribution < 1.29 is 1.43 Å². The van der Waals surface area contributed by atoms with E-state index in [9.17, 15) is 0 Å². The highest BCUT2D eigenvalue weighted by atomic mass is 14.9. The van der Waals surface area contributed by atoms with Crippen LogP contribution in [-0.2, 0) is 12.8 Å². The molecule has 1 N–H and O–H groups in total. The van der Waals surface area contributed by atoms with Crippen molar-refractivity contribution >= 4 is 12.2 Å². The van der Waals surface area contributed by atoms with E-state index in [4.69, 9.17) is 0 Å². The number of allylic oxidation sites excluding steroid dienone is 2. The van der Waals surface area contributed by atoms with E-state index in [-0.39, 0.29) is 1.43 Å². The van der Waals surface area contributed by atoms with Gasteiger partial charge in [0, 0.05) is 7.47 Å². The minimum Gasteiger partial charge on any atom is -0.309 e. The van der Waals surface area contributed by atoms with Crippen LogP contribution in [0.1, 0.15) is 74.3 Å². The number of hydrogen-bond donors (Lipinski definition) is 1. The van der Waals surface area contributed by atoms with E-state index in [0.29, 0.717) is 6.04 Å². The van der Waals surface area contributed by atoms with E-state index < -0.39 is 0 Å². The highest BCUT2D eigenvalue weighted by Crippen LogP contribution is 2.27. The number of nitrogens with one attached hydrogen (secondary N) is 1. The number of rotatable bonds is 11. The second-order valence-electron chi connectivity index (χ2n) is 8.61. The lowest BCUT2D eigenvalue weighted by Gasteiger charge is -2.27. The van der Waals surface area contributed by atoms with Crippen molar-refractivity contribution in [3.05, 3.63) is 109 Å². The number of hydrogen-bond acceptors (Lipinski definition) is 1. The molecule has 0 spiro atoms. The summed E-state index contributed by atoms with van der Waals surface area (Å²) in [5.41, 5.74) is 6.63. The molecule has 0 saturated carbocycles. The molecule has 0 aromatic heterocycles. The van der Waals surface area contributed by atoms with E-state index in [2.05, 4.69) is 81.0 Å². The zero-order valence-corrected chi connectivity index (χ0v) is 20.0. The Morgan fingerprint density at radius 1 is 0.969 bits per heavy atom. The number of fused-ring (bicyclic) bond motifs is 1. The zero-order valence-electron chi connectivity index (χ0n) is 20.0. The van der Waals surface area contributed by atoms with Gasteiger partial charge < -0.3 is 5.32 Å². The molecule has 0 fully saturated rings. The molecule has 1 aliphatic rings. The lowest BCUT2D eigenvalue weighted by atomic mass is 9.89. The third-order valence-electron chi connectivity index (χ3n) is 6.19. The van der Waals surface area contributed by atoms with Gasteiger partial charge in [0.2, 0.25) is 0 Å². The first-order valence-corrected chi connectivity index (χ1v) is 12.1. The van der Waals surface area contributed by atoms with Crippen LogP contribution in [-0.4, -0.2) is 6.54 Å². The highest BCUT2D eigenvalue weighted by Gasteiger charge is 2.19. The van der Waals surface area contributed by atoms with Crippen molar-refractivity contribution in [2.75, 3.05) is 6.54 Å². The molecule has 2 atom stereocenters. The Morgan fingerprint density at radius 3 is 2.31 bits per heavy atom. The second-order valence-corrected chi connectivity index (χ2v) is 8.61. The van der Waals surface area contributed by atoms with Crippen LogP contribution < -0.4 is 5.32 Å². The molecule has 0 bridgehead atoms. The van der Waals surface area contributed by atoms with Crippen LogP contribution in [0, 0.1) is 5.92 Å². The maximum Gasteiger partial charge on any atom is 0.0363 e. The van der Waals surface area contributed by atoms with Crippen molar-refractivity contribution in [2.24, 2.45) is 5.92 Å². The van der Waals surface area contributed by atoms with Crippen LogP contribution in [0.3, 0.4) is 0 Å². The molecule has 1 aliphatic heterocycles. The summed E-state index contributed by atoms with van der Waals surface area (Å²) in [6, 6.07) is 15.8. The molecular formula is C31H43N. The second kappa shape index (κ2) is 14.4. The summed E-state index contributed by atoms with van der Waals surface area (Å²) in [5, 5.41) is 3.64. The molecule has 1 nitrogen and oxygen atoms in total. The Kier molecular flexibility index (Phi) is 11.6. The van der Waals surface area contributed by atoms with Gasteiger partial charge in [0.05, 0.1) is 0 Å². The summed E-state index contributed by atoms with van der Waals surface area (Å²) in [4.78, 5) is 0. The van der Waals surface area contributed by atoms with Crippen molar-refractivity contribution in [1.82, 2.24) is 5.32 Å². The number of benzene rings is 2. The maximum absolute atomic E-state index is 3.86. The van der Waals surface area contributed by atoms with Crippen molar-refractivity contribution in [2.45, 2.75) is 57.9 Å². The predicted molar refractivity (Wildman–Crippen MR) is 146 cm³/mol. The van der Waals surface area contributed by atoms with Crippen LogP contribution in [0.15, 0.2) is 80.9 Å². The van der Waals surface area contributed by atoms with Gasteiger partial charge >= 0.3 is 0 Å². The zero-order chi connectivity index (χ0) is 23.2. The standard InChI is InChI=1S/C20H21N.C11H20.H2/c1-3-15-5-7-17(8-6-15)14-20-19-10-9-16(4-2)13-18(19)11-12-21-20;1-4-7-10-11(8-5-2)9-6-3;/h3-10,13,20-21H,1-2,11-12,14H2;4-5,11H,1-2,6-10H2,3H3;1H. The first-order chi connectivity index (χ1) is 15.6. The van der Waals surface area contributed by atoms with Crippen LogP contribution in [0.5, 0.6) is 0 Å². The Bertz CT molecular complexity index is 865. The van der Waals surface area contributed by atoms with Gasteiger partial charge in [-0.2, -0.15) is 0 Å². The highest BCUT2D eigenvalue weighted by molar-refractivity contribution is 5.51. The van der Waals surface area contributed by atoms with Crippen LogP contribution >= 0.6 is 0 Å². The van der Waals surface area contributed by atoms with Gasteiger partial charge in [0.25, 0.3) is 0 Å². The summed E-state index contributed by atoms with van der Waals surface area (Å²) >= 11 is 0. The fraction of sp³-hybridized carbons (Fsp3) is 0.355. The Hall–Kier alpha value is -2.64. The predicted octanol–water partition coefficient (Wildman–Crippen LogP) is 8.59. The van der Waals surface area contributed by atoms with Crippen LogP contribution in [0.4, 0.5) is 0 Å². The van der Waals surface area contributed by atoms with Crippen LogP contribution in [0.25, 0.3) is 12.2 Å². The van der Waals surface area contributed by atoms with Gasteiger partial charge in [0.1, 0.15) is 0 Å². The van der Waals surface area contributed by atoms with Crippen molar-refractivity contribution in [3.8, 4) is 0 Å². The lowest BCUT2D eigenvalue weighted by molar-refractivity contribution is 0.454. The van der Waals surface area contributed by atoms with Gasteiger partial charge in [-0.15, -0.1) is 13.2 Å². The molecule has 2 aromatic carbocycles. The van der Waals surface area contributed by atoms with Crippen molar-refractivity contribution in [3.63, 3.8) is 0 Å². The van der Waals surface area contributed by atoms with Gasteiger partial charge in [-0.05, 0) is 72.4 Å². The van der Waals surface area contributed by atoms with Gasteiger partial charge in [0.15, 0.2) is 0 Å². The monoisotopic (exact) mass is 429 g/mol. The molecule has 1 heteroatoms. The molecule has 0 saturated heterocycles. The van der Waals surface area contributed by atoms with E-state index in [1.54, 1.807) is 0 Å². The normalized spacial score (nSPS) is 15.5. The third-order valence-corrected chi connectivity index (χ3v) is 6.19. The first-order valence-electron chi connectivity index (χ1n) is 12.1. The summed E-state index contributed by atoms with van der Waals surface area (Å²) in [7, 11) is 0. The SMILES string of the molecule is C=CCCC(CC=C)CCC.C=Cc1ccc(CC2NCCc3cc(C=C)ccc32)cc1.[HH]. The Balaban J connectivity index is 0.000000391. The fourth-order valence-electron chi connectivity index (χ4n) is 4.39. The molecule has 1 heterocycles. The maximum atomic E-state index is 3.86. The molecule has 32 heavy (non-hydrogen) atoms. The van der Waals surface area contributed by atoms with E-state index in [1.165, 1.54) is 53.5 Å². The topological polar surface area (TPSA) is 12.0 Å². The minimum absolute atomic E-state index is 0. The van der Waals surface area contributed by atoms with Gasteiger partial charge in [-0.3, -0.25) is 0 Å². The molecule has 0 radical (unpaired) electrons. The quantitative estimate of drug-likeness (QED) is 0.353. The molecule has 172 valence electrons. The first kappa shape index (κ1) is 25.6. The molecule has 0 aliphatic carbocycles. The Morgan fingerprint density at radius 2 is 1.69 bits per heavy atom. The summed E-state index contributed by atoms with van der Waals surface area (Å²) < 4.78 is 0. The van der Waals surface area contributed by atoms with E-state index in [0.717, 1.165) is 31.7 Å².